The summed E-state index contributed by atoms with van der Waals surface area (Å²) in [6, 6.07) is 5.41. The molecule has 2 heterocycles. The van der Waals surface area contributed by atoms with Crippen LogP contribution in [-0.2, 0) is 16.0 Å². The second-order valence-corrected chi connectivity index (χ2v) is 7.17. The first kappa shape index (κ1) is 19.0. The lowest BCUT2D eigenvalue weighted by molar-refractivity contribution is -0.130. The first-order chi connectivity index (χ1) is 12.9. The number of carbonyl (C=O) groups is 3. The number of hydrogen-bond donors (Lipinski definition) is 2. The molecule has 1 aromatic carbocycles. The molecule has 1 saturated heterocycles. The molecule has 146 valence electrons. The molecule has 2 aliphatic rings. The number of carbonyl (C=O) groups excluding carboxylic acids is 3. The fraction of sp³-hybridized carbons (Fsp3) is 0.526. The predicted octanol–water partition coefficient (Wildman–Crippen LogP) is 1.21. The van der Waals surface area contributed by atoms with Gasteiger partial charge in [0, 0.05) is 32.2 Å². The maximum absolute atomic E-state index is 12.7. The van der Waals surface area contributed by atoms with E-state index in [0.717, 1.165) is 12.0 Å². The zero-order valence-electron chi connectivity index (χ0n) is 15.8. The number of benzene rings is 1. The van der Waals surface area contributed by atoms with E-state index in [0.29, 0.717) is 37.6 Å². The Kier molecular flexibility index (Phi) is 5.83. The molecule has 27 heavy (non-hydrogen) atoms. The average Bonchev–Trinajstić information content (AvgIpc) is 2.87. The van der Waals surface area contributed by atoms with Gasteiger partial charge in [0.05, 0.1) is 12.1 Å². The van der Waals surface area contributed by atoms with Crippen LogP contribution in [0.2, 0.25) is 0 Å². The average molecular weight is 374 g/mol. The van der Waals surface area contributed by atoms with Crippen LogP contribution in [0.15, 0.2) is 18.2 Å². The van der Waals surface area contributed by atoms with E-state index in [2.05, 4.69) is 10.6 Å². The molecule has 0 aromatic heterocycles. The van der Waals surface area contributed by atoms with Gasteiger partial charge in [-0.25, -0.2) is 4.79 Å². The maximum atomic E-state index is 12.7. The Morgan fingerprint density at radius 2 is 1.93 bits per heavy atom. The summed E-state index contributed by atoms with van der Waals surface area (Å²) in [4.78, 5) is 39.9. The highest BCUT2D eigenvalue weighted by atomic mass is 16.5. The highest BCUT2D eigenvalue weighted by molar-refractivity contribution is 5.95. The summed E-state index contributed by atoms with van der Waals surface area (Å²) in [6.07, 6.45) is 1.01. The fourth-order valence-corrected chi connectivity index (χ4v) is 3.23. The molecule has 2 N–H and O–H groups in total. The normalized spacial score (nSPS) is 16.9. The fourth-order valence-electron chi connectivity index (χ4n) is 3.23. The van der Waals surface area contributed by atoms with Crippen molar-refractivity contribution < 1.29 is 19.1 Å². The molecule has 8 nitrogen and oxygen atoms in total. The molecule has 0 bridgehead atoms. The van der Waals surface area contributed by atoms with E-state index in [1.54, 1.807) is 21.9 Å². The maximum Gasteiger partial charge on any atom is 0.317 e. The van der Waals surface area contributed by atoms with Gasteiger partial charge in [0.1, 0.15) is 5.75 Å². The molecule has 1 fully saturated rings. The number of fused-ring (bicyclic) bond motifs is 1. The van der Waals surface area contributed by atoms with Crippen molar-refractivity contribution >= 4 is 23.5 Å². The molecule has 0 spiro atoms. The number of ether oxygens (including phenoxy) is 1. The van der Waals surface area contributed by atoms with E-state index in [-0.39, 0.29) is 36.9 Å². The minimum atomic E-state index is -0.196. The third kappa shape index (κ3) is 4.90. The Labute approximate surface area is 158 Å². The summed E-state index contributed by atoms with van der Waals surface area (Å²) in [5.74, 6) is 0.440. The van der Waals surface area contributed by atoms with Crippen molar-refractivity contribution in [2.75, 3.05) is 38.1 Å². The zero-order valence-corrected chi connectivity index (χ0v) is 15.8. The van der Waals surface area contributed by atoms with Gasteiger partial charge < -0.3 is 25.2 Å². The lowest BCUT2D eigenvalue weighted by atomic mass is 10.1. The van der Waals surface area contributed by atoms with Crippen LogP contribution in [0.3, 0.4) is 0 Å². The van der Waals surface area contributed by atoms with Crippen molar-refractivity contribution in [1.29, 1.82) is 0 Å². The summed E-state index contributed by atoms with van der Waals surface area (Å²) >= 11 is 0. The molecule has 8 heteroatoms. The first-order valence-electron chi connectivity index (χ1n) is 9.31. The van der Waals surface area contributed by atoms with Crippen molar-refractivity contribution in [1.82, 2.24) is 15.1 Å². The summed E-state index contributed by atoms with van der Waals surface area (Å²) in [5, 5.41) is 5.65. The third-order valence-corrected chi connectivity index (χ3v) is 4.58. The molecule has 0 unspecified atom stereocenters. The van der Waals surface area contributed by atoms with E-state index in [1.807, 2.05) is 19.9 Å². The topological polar surface area (TPSA) is 91.0 Å². The summed E-state index contributed by atoms with van der Waals surface area (Å²) in [6.45, 7) is 6.20. The number of hydrogen-bond acceptors (Lipinski definition) is 4. The Morgan fingerprint density at radius 3 is 2.70 bits per heavy atom. The highest BCUT2D eigenvalue weighted by Gasteiger charge is 2.23. The molecule has 0 aliphatic carbocycles. The van der Waals surface area contributed by atoms with Gasteiger partial charge in [-0.15, -0.1) is 0 Å². The number of urea groups is 1. The lowest BCUT2D eigenvalue weighted by Gasteiger charge is -2.23. The van der Waals surface area contributed by atoms with Crippen molar-refractivity contribution in [3.8, 4) is 5.75 Å². The molecule has 2 aliphatic heterocycles. The van der Waals surface area contributed by atoms with Crippen LogP contribution in [0.25, 0.3) is 0 Å². The monoisotopic (exact) mass is 374 g/mol. The number of nitrogens with one attached hydrogen (secondary N) is 2. The quantitative estimate of drug-likeness (QED) is 0.832. The minimum absolute atomic E-state index is 0.0138. The van der Waals surface area contributed by atoms with Gasteiger partial charge >= 0.3 is 6.03 Å². The van der Waals surface area contributed by atoms with Gasteiger partial charge in [-0.3, -0.25) is 9.59 Å². The van der Waals surface area contributed by atoms with Gasteiger partial charge in [0.25, 0.3) is 5.91 Å². The van der Waals surface area contributed by atoms with Gasteiger partial charge in [-0.1, -0.05) is 6.07 Å². The number of nitrogens with zero attached hydrogens (tertiary/aromatic N) is 2. The van der Waals surface area contributed by atoms with Crippen molar-refractivity contribution in [3.63, 3.8) is 0 Å². The highest BCUT2D eigenvalue weighted by Crippen LogP contribution is 2.28. The van der Waals surface area contributed by atoms with E-state index < -0.39 is 0 Å². The lowest BCUT2D eigenvalue weighted by Crippen LogP contribution is -2.45. The summed E-state index contributed by atoms with van der Waals surface area (Å²) < 4.78 is 5.34. The van der Waals surface area contributed by atoms with Crippen LogP contribution in [0.5, 0.6) is 5.75 Å². The van der Waals surface area contributed by atoms with Crippen LogP contribution in [0.1, 0.15) is 25.8 Å². The predicted molar refractivity (Wildman–Crippen MR) is 101 cm³/mol. The summed E-state index contributed by atoms with van der Waals surface area (Å²) in [7, 11) is 0. The molecule has 4 amide bonds. The van der Waals surface area contributed by atoms with Gasteiger partial charge in [0.2, 0.25) is 5.91 Å². The SMILES string of the molecule is CC(C)NC(=O)N1CCCN(C(=O)Cc2ccc3c(c2)NC(=O)CO3)CC1. The van der Waals surface area contributed by atoms with Crippen molar-refractivity contribution in [2.24, 2.45) is 0 Å². The van der Waals surface area contributed by atoms with Crippen LogP contribution in [0, 0.1) is 0 Å². The van der Waals surface area contributed by atoms with E-state index in [4.69, 9.17) is 4.74 Å². The Morgan fingerprint density at radius 1 is 1.19 bits per heavy atom. The smallest absolute Gasteiger partial charge is 0.317 e. The summed E-state index contributed by atoms with van der Waals surface area (Å²) in [5.41, 5.74) is 1.42. The second-order valence-electron chi connectivity index (χ2n) is 7.17. The van der Waals surface area contributed by atoms with Crippen molar-refractivity contribution in [2.45, 2.75) is 32.7 Å². The Balaban J connectivity index is 1.58. The van der Waals surface area contributed by atoms with Crippen LogP contribution in [-0.4, -0.2) is 66.5 Å². The van der Waals surface area contributed by atoms with Crippen LogP contribution < -0.4 is 15.4 Å². The number of rotatable bonds is 3. The molecule has 3 rings (SSSR count). The first-order valence-corrected chi connectivity index (χ1v) is 9.31. The van der Waals surface area contributed by atoms with Crippen LogP contribution >= 0.6 is 0 Å². The van der Waals surface area contributed by atoms with Crippen LogP contribution in [0.4, 0.5) is 10.5 Å². The van der Waals surface area contributed by atoms with E-state index in [1.165, 1.54) is 0 Å². The van der Waals surface area contributed by atoms with E-state index >= 15 is 0 Å². The molecule has 1 aromatic rings. The Bertz CT molecular complexity index is 734. The van der Waals surface area contributed by atoms with Gasteiger partial charge in [-0.2, -0.15) is 0 Å². The Hall–Kier alpha value is -2.77. The molecule has 0 atom stereocenters. The van der Waals surface area contributed by atoms with Gasteiger partial charge in [-0.05, 0) is 38.0 Å². The molecular weight excluding hydrogens is 348 g/mol. The van der Waals surface area contributed by atoms with Crippen molar-refractivity contribution in [3.05, 3.63) is 23.8 Å². The number of anilines is 1. The largest absolute Gasteiger partial charge is 0.482 e. The minimum Gasteiger partial charge on any atom is -0.482 e. The third-order valence-electron chi connectivity index (χ3n) is 4.58. The van der Waals surface area contributed by atoms with Gasteiger partial charge in [0.15, 0.2) is 6.61 Å². The molecule has 0 saturated carbocycles. The molecular formula is C19H26N4O4. The second kappa shape index (κ2) is 8.28. The molecule has 0 radical (unpaired) electrons. The number of amides is 4. The zero-order chi connectivity index (χ0) is 19.4. The standard InChI is InChI=1S/C19H26N4O4/c1-13(2)20-19(26)23-7-3-6-22(8-9-23)18(25)11-14-4-5-16-15(10-14)21-17(24)12-27-16/h4-5,10,13H,3,6-9,11-12H2,1-2H3,(H,20,26)(H,21,24). The van der Waals surface area contributed by atoms with E-state index in [9.17, 15) is 14.4 Å².